The second-order valence-corrected chi connectivity index (χ2v) is 13.1. The lowest BCUT2D eigenvalue weighted by molar-refractivity contribution is -0.115. The first kappa shape index (κ1) is 30.1. The Morgan fingerprint density at radius 1 is 1.39 bits per heavy atom. The monoisotopic (exact) mass is 588 g/mol. The normalized spacial score (nSPS) is 16.0. The van der Waals surface area contributed by atoms with Crippen molar-refractivity contribution in [2.75, 3.05) is 26.4 Å². The molecule has 3 aromatic heterocycles. The molecule has 0 unspecified atom stereocenters. The van der Waals surface area contributed by atoms with Crippen LogP contribution < -0.4 is 15.8 Å². The molecule has 0 aromatic carbocycles. The van der Waals surface area contributed by atoms with Gasteiger partial charge in [0.1, 0.15) is 34.4 Å². The lowest BCUT2D eigenvalue weighted by atomic mass is 10.1. The molecule has 1 amide bonds. The van der Waals surface area contributed by atoms with Crippen LogP contribution >= 0.6 is 0 Å². The second-order valence-electron chi connectivity index (χ2n) is 10.4. The number of aromatic nitrogens is 3. The maximum Gasteiger partial charge on any atom is 0.270 e. The third-order valence-corrected chi connectivity index (χ3v) is 8.82. The number of aliphatic imine (C=N–C) groups is 1. The van der Waals surface area contributed by atoms with Crippen LogP contribution in [0.1, 0.15) is 45.1 Å². The molecule has 1 aliphatic heterocycles. The fourth-order valence-electron chi connectivity index (χ4n) is 3.93. The summed E-state index contributed by atoms with van der Waals surface area (Å²) in [5, 5.41) is 11.9. The molecule has 1 fully saturated rings. The Hall–Kier alpha value is -3.88. The average molecular weight is 589 g/mol. The van der Waals surface area contributed by atoms with Gasteiger partial charge in [0, 0.05) is 18.5 Å². The molecule has 220 valence electrons. The van der Waals surface area contributed by atoms with E-state index in [1.54, 1.807) is 27.7 Å². The van der Waals surface area contributed by atoms with Gasteiger partial charge in [-0.1, -0.05) is 0 Å². The largest absolute Gasteiger partial charge is 0.490 e. The standard InChI is InChI=1S/C27H33FN6O6S/c1-16(25-18(28)6-5-7-30-25)32-26(36)20(33-17-14-39-15-17)10-19(29)21-12-31-24-11-22(40-9-8-35)23(13-34(21)24)41(37,38)27(2,3)4/h5-7,10-13,16-17,35H,8-9,14-15,29H2,1-4H3,(H,32,36)/b19-10-,33-20?/t16-/m1/s1. The number of ether oxygens (including phenoxy) is 2. The lowest BCUT2D eigenvalue weighted by Crippen LogP contribution is -2.38. The summed E-state index contributed by atoms with van der Waals surface area (Å²) in [6, 6.07) is 3.12. The summed E-state index contributed by atoms with van der Waals surface area (Å²) >= 11 is 0. The third kappa shape index (κ3) is 6.39. The van der Waals surface area contributed by atoms with E-state index in [0.29, 0.717) is 24.6 Å². The molecule has 0 aliphatic carbocycles. The second kappa shape index (κ2) is 11.9. The summed E-state index contributed by atoms with van der Waals surface area (Å²) in [6.07, 6.45) is 5.57. The van der Waals surface area contributed by atoms with Crippen LogP contribution in [0.3, 0.4) is 0 Å². The fourth-order valence-corrected chi connectivity index (χ4v) is 5.22. The minimum atomic E-state index is -3.89. The first-order valence-electron chi connectivity index (χ1n) is 12.9. The summed E-state index contributed by atoms with van der Waals surface area (Å²) in [5.41, 5.74) is 7.17. The minimum Gasteiger partial charge on any atom is -0.490 e. The van der Waals surface area contributed by atoms with Crippen molar-refractivity contribution in [1.29, 1.82) is 0 Å². The zero-order chi connectivity index (χ0) is 29.9. The third-order valence-electron chi connectivity index (χ3n) is 6.33. The topological polar surface area (TPSA) is 170 Å². The number of carbonyl (C=O) groups is 1. The highest BCUT2D eigenvalue weighted by atomic mass is 32.2. The fraction of sp³-hybridized carbons (Fsp3) is 0.407. The van der Waals surface area contributed by atoms with E-state index in [1.165, 1.54) is 47.3 Å². The van der Waals surface area contributed by atoms with Crippen LogP contribution in [0.5, 0.6) is 5.75 Å². The van der Waals surface area contributed by atoms with E-state index >= 15 is 0 Å². The van der Waals surface area contributed by atoms with Crippen LogP contribution in [0.15, 0.2) is 52.8 Å². The zero-order valence-electron chi connectivity index (χ0n) is 23.2. The first-order chi connectivity index (χ1) is 19.3. The van der Waals surface area contributed by atoms with E-state index in [2.05, 4.69) is 20.3 Å². The SMILES string of the molecule is C[C@@H](NC(=O)C(/C=C(\N)c1cnc2cc(OCCO)c(S(=O)(=O)C(C)(C)C)cn12)=NC1COC1)c1ncccc1F. The molecule has 0 radical (unpaired) electrons. The summed E-state index contributed by atoms with van der Waals surface area (Å²) in [5.74, 6) is -1.12. The van der Waals surface area contributed by atoms with Crippen LogP contribution in [-0.4, -0.2) is 76.7 Å². The minimum absolute atomic E-state index is 0.0284. The van der Waals surface area contributed by atoms with Gasteiger partial charge in [-0.25, -0.2) is 17.8 Å². The molecule has 4 rings (SSSR count). The molecule has 14 heteroatoms. The number of imidazole rings is 1. The molecular weight excluding hydrogens is 555 g/mol. The van der Waals surface area contributed by atoms with Gasteiger partial charge in [-0.3, -0.25) is 19.2 Å². The Morgan fingerprint density at radius 3 is 2.73 bits per heavy atom. The summed E-state index contributed by atoms with van der Waals surface area (Å²) in [6.45, 7) is 6.53. The van der Waals surface area contributed by atoms with Gasteiger partial charge in [0.05, 0.1) is 59.9 Å². The van der Waals surface area contributed by atoms with Gasteiger partial charge in [-0.2, -0.15) is 0 Å². The molecule has 0 bridgehead atoms. The quantitative estimate of drug-likeness (QED) is 0.299. The van der Waals surface area contributed by atoms with Crippen molar-refractivity contribution in [2.45, 2.75) is 49.4 Å². The molecule has 4 heterocycles. The Balaban J connectivity index is 1.74. The number of hydrogen-bond acceptors (Lipinski definition) is 10. The molecule has 12 nitrogen and oxygen atoms in total. The Kier molecular flexibility index (Phi) is 8.75. The highest BCUT2D eigenvalue weighted by Gasteiger charge is 2.34. The first-order valence-corrected chi connectivity index (χ1v) is 14.4. The smallest absolute Gasteiger partial charge is 0.270 e. The molecule has 4 N–H and O–H groups in total. The van der Waals surface area contributed by atoms with E-state index < -0.39 is 32.4 Å². The predicted molar refractivity (Wildman–Crippen MR) is 150 cm³/mol. The van der Waals surface area contributed by atoms with Crippen LogP contribution in [0, 0.1) is 5.82 Å². The van der Waals surface area contributed by atoms with E-state index in [-0.39, 0.29) is 47.0 Å². The van der Waals surface area contributed by atoms with Gasteiger partial charge in [0.2, 0.25) is 0 Å². The van der Waals surface area contributed by atoms with Crippen molar-refractivity contribution in [3.8, 4) is 5.75 Å². The average Bonchev–Trinajstić information content (AvgIpc) is 3.30. The van der Waals surface area contributed by atoms with Crippen molar-refractivity contribution >= 4 is 32.8 Å². The number of pyridine rings is 2. The van der Waals surface area contributed by atoms with Crippen LogP contribution in [0.25, 0.3) is 11.3 Å². The number of nitrogens with one attached hydrogen (secondary N) is 1. The number of sulfone groups is 1. The number of nitrogens with zero attached hydrogens (tertiary/aromatic N) is 4. The van der Waals surface area contributed by atoms with Crippen LogP contribution in [-0.2, 0) is 19.4 Å². The number of fused-ring (bicyclic) bond motifs is 1. The van der Waals surface area contributed by atoms with Gasteiger partial charge in [0.15, 0.2) is 9.84 Å². The summed E-state index contributed by atoms with van der Waals surface area (Å²) in [4.78, 5) is 25.9. The Morgan fingerprint density at radius 2 is 2.12 bits per heavy atom. The highest BCUT2D eigenvalue weighted by Crippen LogP contribution is 2.33. The number of halogens is 1. The van der Waals surface area contributed by atoms with Crippen molar-refractivity contribution in [1.82, 2.24) is 19.7 Å². The molecular formula is C27H33FN6O6S. The van der Waals surface area contributed by atoms with Crippen molar-refractivity contribution in [3.63, 3.8) is 0 Å². The number of hydrogen-bond donors (Lipinski definition) is 3. The molecule has 3 aromatic rings. The van der Waals surface area contributed by atoms with E-state index in [1.807, 2.05) is 0 Å². The van der Waals surface area contributed by atoms with Crippen molar-refractivity contribution < 1.29 is 32.2 Å². The Bertz CT molecular complexity index is 1610. The van der Waals surface area contributed by atoms with Crippen molar-refractivity contribution in [3.05, 3.63) is 60.1 Å². The number of amides is 1. The van der Waals surface area contributed by atoms with Crippen molar-refractivity contribution in [2.24, 2.45) is 10.7 Å². The maximum atomic E-state index is 14.2. The summed E-state index contributed by atoms with van der Waals surface area (Å²) in [7, 11) is -3.89. The molecule has 1 saturated heterocycles. The molecule has 1 aliphatic rings. The van der Waals surface area contributed by atoms with Gasteiger partial charge >= 0.3 is 0 Å². The van der Waals surface area contributed by atoms with E-state index in [9.17, 15) is 22.7 Å². The van der Waals surface area contributed by atoms with E-state index in [4.69, 9.17) is 15.2 Å². The van der Waals surface area contributed by atoms with Crippen LogP contribution in [0.2, 0.25) is 0 Å². The van der Waals surface area contributed by atoms with Crippen LogP contribution in [0.4, 0.5) is 4.39 Å². The number of nitrogens with two attached hydrogens (primary N) is 1. The zero-order valence-corrected chi connectivity index (χ0v) is 24.0. The van der Waals surface area contributed by atoms with Gasteiger partial charge in [0.25, 0.3) is 5.91 Å². The number of aliphatic hydroxyl groups excluding tert-OH is 1. The summed E-state index contributed by atoms with van der Waals surface area (Å²) < 4.78 is 52.1. The Labute approximate surface area is 237 Å². The molecule has 0 saturated carbocycles. The number of carbonyl (C=O) groups excluding carboxylic acids is 1. The van der Waals surface area contributed by atoms with E-state index in [0.717, 1.165) is 0 Å². The number of rotatable bonds is 10. The highest BCUT2D eigenvalue weighted by molar-refractivity contribution is 7.92. The maximum absolute atomic E-state index is 14.2. The lowest BCUT2D eigenvalue weighted by Gasteiger charge is -2.23. The van der Waals surface area contributed by atoms with Gasteiger partial charge in [-0.05, 0) is 45.9 Å². The van der Waals surface area contributed by atoms with Gasteiger partial charge < -0.3 is 25.6 Å². The molecule has 0 spiro atoms. The predicted octanol–water partition coefficient (Wildman–Crippen LogP) is 1.83. The number of aliphatic hydroxyl groups is 1. The molecule has 1 atom stereocenters. The van der Waals surface area contributed by atoms with Gasteiger partial charge in [-0.15, -0.1) is 0 Å². The molecule has 41 heavy (non-hydrogen) atoms.